The second kappa shape index (κ2) is 13.9. The van der Waals surface area contributed by atoms with Crippen molar-refractivity contribution in [1.82, 2.24) is 16.0 Å². The predicted molar refractivity (Wildman–Crippen MR) is 164 cm³/mol. The number of aliphatic imine (C=N–C) groups is 1. The maximum atomic E-state index is 12.8. The summed E-state index contributed by atoms with van der Waals surface area (Å²) in [5.74, 6) is -1.21. The summed E-state index contributed by atoms with van der Waals surface area (Å²) in [5, 5.41) is 18.0. The number of hydrogen-bond donors (Lipinski definition) is 4. The van der Waals surface area contributed by atoms with Crippen LogP contribution < -0.4 is 16.0 Å². The molecule has 0 saturated heterocycles. The molecule has 1 aliphatic rings. The van der Waals surface area contributed by atoms with Crippen LogP contribution in [0.1, 0.15) is 78.4 Å². The van der Waals surface area contributed by atoms with Gasteiger partial charge >= 0.3 is 18.2 Å². The van der Waals surface area contributed by atoms with Crippen molar-refractivity contribution in [3.8, 4) is 11.1 Å². The van der Waals surface area contributed by atoms with Gasteiger partial charge in [-0.05, 0) is 83.6 Å². The molecule has 0 saturated carbocycles. The highest BCUT2D eigenvalue weighted by Crippen LogP contribution is 2.44. The lowest BCUT2D eigenvalue weighted by Crippen LogP contribution is -2.53. The number of carbonyl (C=O) groups is 3. The van der Waals surface area contributed by atoms with E-state index in [0.29, 0.717) is 6.42 Å². The number of alkyl carbamates (subject to hydrolysis) is 2. The lowest BCUT2D eigenvalue weighted by Gasteiger charge is -2.26. The maximum Gasteiger partial charge on any atom is 0.414 e. The number of nitrogens with zero attached hydrogens (tertiary/aromatic N) is 1. The van der Waals surface area contributed by atoms with E-state index in [-0.39, 0.29) is 38.2 Å². The molecule has 4 N–H and O–H groups in total. The first-order valence-corrected chi connectivity index (χ1v) is 14.4. The van der Waals surface area contributed by atoms with Gasteiger partial charge in [0.05, 0.1) is 5.60 Å². The summed E-state index contributed by atoms with van der Waals surface area (Å²) < 4.78 is 16.5. The van der Waals surface area contributed by atoms with Crippen molar-refractivity contribution in [2.24, 2.45) is 4.99 Å². The van der Waals surface area contributed by atoms with E-state index < -0.39 is 34.9 Å². The average molecular weight is 597 g/mol. The minimum Gasteiger partial charge on any atom is -0.480 e. The SMILES string of the molecule is CC(C)(C)OCN=C(NCCCC(C)(NC(=O)OCC1c2ccccc2-c2ccccc21)C(=O)O)NC(=O)OC(C)(C)C. The molecule has 1 atom stereocenters. The Morgan fingerprint density at radius 2 is 1.44 bits per heavy atom. The Bertz CT molecular complexity index is 1280. The molecule has 0 radical (unpaired) electrons. The van der Waals surface area contributed by atoms with E-state index in [1.165, 1.54) is 6.92 Å². The van der Waals surface area contributed by atoms with Crippen LogP contribution in [-0.2, 0) is 19.0 Å². The van der Waals surface area contributed by atoms with Gasteiger partial charge in [-0.15, -0.1) is 0 Å². The summed E-state index contributed by atoms with van der Waals surface area (Å²) in [7, 11) is 0. The fourth-order valence-electron chi connectivity index (χ4n) is 4.56. The number of hydrogen-bond acceptors (Lipinski definition) is 7. The molecule has 2 amide bonds. The fourth-order valence-corrected chi connectivity index (χ4v) is 4.56. The van der Waals surface area contributed by atoms with Crippen LogP contribution >= 0.6 is 0 Å². The maximum absolute atomic E-state index is 12.8. The predicted octanol–water partition coefficient (Wildman–Crippen LogP) is 5.39. The molecule has 43 heavy (non-hydrogen) atoms. The van der Waals surface area contributed by atoms with Crippen molar-refractivity contribution in [3.05, 3.63) is 59.7 Å². The van der Waals surface area contributed by atoms with Crippen molar-refractivity contribution in [2.45, 2.75) is 84.0 Å². The standard InChI is InChI=1S/C32H44N4O7/c1-30(2,3)42-20-34-27(35-28(39)43-31(4,5)6)33-18-12-17-32(7,26(37)38)36-29(40)41-19-25-23-15-10-8-13-21(23)22-14-9-11-16-24(22)25/h8-11,13-16,25H,12,17-20H2,1-7H3,(H,36,40)(H,37,38)(H2,33,34,35,39). The van der Waals surface area contributed by atoms with Gasteiger partial charge in [-0.2, -0.15) is 0 Å². The smallest absolute Gasteiger partial charge is 0.414 e. The van der Waals surface area contributed by atoms with Gasteiger partial charge in [-0.3, -0.25) is 5.32 Å². The molecule has 234 valence electrons. The Kier molecular flexibility index (Phi) is 10.8. The summed E-state index contributed by atoms with van der Waals surface area (Å²) in [5.41, 5.74) is 1.60. The Labute approximate surface area is 253 Å². The zero-order valence-corrected chi connectivity index (χ0v) is 26.1. The molecule has 2 aromatic carbocycles. The Morgan fingerprint density at radius 1 is 0.860 bits per heavy atom. The van der Waals surface area contributed by atoms with E-state index in [1.807, 2.05) is 69.3 Å². The van der Waals surface area contributed by atoms with Gasteiger partial charge in [0.1, 0.15) is 24.5 Å². The van der Waals surface area contributed by atoms with Crippen LogP contribution in [0.4, 0.5) is 9.59 Å². The van der Waals surface area contributed by atoms with Crippen molar-refractivity contribution >= 4 is 24.1 Å². The van der Waals surface area contributed by atoms with Crippen LogP contribution in [-0.4, -0.2) is 65.8 Å². The lowest BCUT2D eigenvalue weighted by molar-refractivity contribution is -0.144. The Morgan fingerprint density at radius 3 is 1.98 bits per heavy atom. The number of carboxylic acid groups (broad SMARTS) is 1. The number of aliphatic carboxylic acids is 1. The molecule has 0 spiro atoms. The van der Waals surface area contributed by atoms with Crippen molar-refractivity contribution in [2.75, 3.05) is 19.9 Å². The third-order valence-electron chi connectivity index (χ3n) is 6.68. The normalized spacial score (nSPS) is 14.6. The molecule has 1 unspecified atom stereocenters. The van der Waals surface area contributed by atoms with Crippen LogP contribution in [0.25, 0.3) is 11.1 Å². The number of nitrogens with one attached hydrogen (secondary N) is 3. The zero-order chi connectivity index (χ0) is 31.8. The number of carboxylic acids is 1. The van der Waals surface area contributed by atoms with Gasteiger partial charge in [-0.25, -0.2) is 19.4 Å². The molecule has 0 heterocycles. The molecule has 0 fully saturated rings. The monoisotopic (exact) mass is 596 g/mol. The molecule has 1 aliphatic carbocycles. The first-order valence-electron chi connectivity index (χ1n) is 14.4. The van der Waals surface area contributed by atoms with E-state index >= 15 is 0 Å². The van der Waals surface area contributed by atoms with E-state index in [2.05, 4.69) is 20.9 Å². The van der Waals surface area contributed by atoms with Gasteiger partial charge in [0.15, 0.2) is 0 Å². The van der Waals surface area contributed by atoms with Crippen LogP contribution in [0.3, 0.4) is 0 Å². The molecular formula is C32H44N4O7. The molecule has 0 aromatic heterocycles. The summed E-state index contributed by atoms with van der Waals surface area (Å²) in [6.45, 7) is 12.6. The highest BCUT2D eigenvalue weighted by Gasteiger charge is 2.36. The van der Waals surface area contributed by atoms with Crippen molar-refractivity contribution in [3.63, 3.8) is 0 Å². The summed E-state index contributed by atoms with van der Waals surface area (Å²) in [4.78, 5) is 41.5. The second-order valence-corrected chi connectivity index (χ2v) is 12.6. The van der Waals surface area contributed by atoms with Gasteiger partial charge in [0.2, 0.25) is 5.96 Å². The third kappa shape index (κ3) is 9.99. The lowest BCUT2D eigenvalue weighted by atomic mass is 9.96. The van der Waals surface area contributed by atoms with E-state index in [1.54, 1.807) is 20.8 Å². The van der Waals surface area contributed by atoms with Crippen LogP contribution in [0, 0.1) is 0 Å². The number of guanidine groups is 1. The molecule has 0 aliphatic heterocycles. The summed E-state index contributed by atoms with van der Waals surface area (Å²) in [6.07, 6.45) is -1.10. The quantitative estimate of drug-likeness (QED) is 0.162. The number of rotatable bonds is 10. The molecule has 11 nitrogen and oxygen atoms in total. The minimum absolute atomic E-state index is 0.0161. The largest absolute Gasteiger partial charge is 0.480 e. The Balaban J connectivity index is 1.56. The van der Waals surface area contributed by atoms with Gasteiger partial charge in [-0.1, -0.05) is 48.5 Å². The molecular weight excluding hydrogens is 552 g/mol. The topological polar surface area (TPSA) is 148 Å². The van der Waals surface area contributed by atoms with Gasteiger partial charge in [0, 0.05) is 12.5 Å². The molecule has 0 bridgehead atoms. The van der Waals surface area contributed by atoms with E-state index in [9.17, 15) is 19.5 Å². The van der Waals surface area contributed by atoms with Gasteiger partial charge in [0.25, 0.3) is 0 Å². The van der Waals surface area contributed by atoms with Crippen molar-refractivity contribution < 1.29 is 33.7 Å². The van der Waals surface area contributed by atoms with E-state index in [0.717, 1.165) is 22.3 Å². The first-order chi connectivity index (χ1) is 20.1. The first kappa shape index (κ1) is 33.4. The van der Waals surface area contributed by atoms with Crippen LogP contribution in [0.15, 0.2) is 53.5 Å². The van der Waals surface area contributed by atoms with Crippen LogP contribution in [0.5, 0.6) is 0 Å². The number of carbonyl (C=O) groups excluding carboxylic acids is 2. The van der Waals surface area contributed by atoms with E-state index in [4.69, 9.17) is 14.2 Å². The summed E-state index contributed by atoms with van der Waals surface area (Å²) in [6, 6.07) is 16.0. The van der Waals surface area contributed by atoms with Crippen molar-refractivity contribution in [1.29, 1.82) is 0 Å². The number of ether oxygens (including phenoxy) is 3. The second-order valence-electron chi connectivity index (χ2n) is 12.6. The number of amides is 2. The molecule has 11 heteroatoms. The molecule has 3 rings (SSSR count). The third-order valence-corrected chi connectivity index (χ3v) is 6.68. The highest BCUT2D eigenvalue weighted by molar-refractivity contribution is 5.94. The van der Waals surface area contributed by atoms with Gasteiger partial charge < -0.3 is 30.0 Å². The average Bonchev–Trinajstić information content (AvgIpc) is 3.21. The fraction of sp³-hybridized carbons (Fsp3) is 0.500. The minimum atomic E-state index is -1.59. The zero-order valence-electron chi connectivity index (χ0n) is 26.1. The number of fused-ring (bicyclic) bond motifs is 3. The highest BCUT2D eigenvalue weighted by atomic mass is 16.6. The van der Waals surface area contributed by atoms with Crippen LogP contribution in [0.2, 0.25) is 0 Å². The Hall–Kier alpha value is -4.12. The summed E-state index contributed by atoms with van der Waals surface area (Å²) >= 11 is 0. The molecule has 2 aromatic rings. The number of benzene rings is 2.